The highest BCUT2D eigenvalue weighted by Crippen LogP contribution is 2.22. The fourth-order valence-electron chi connectivity index (χ4n) is 4.25. The number of rotatable bonds is 19. The van der Waals surface area contributed by atoms with E-state index in [0.717, 1.165) is 42.8 Å². The Morgan fingerprint density at radius 1 is 0.765 bits per heavy atom. The highest BCUT2D eigenvalue weighted by Gasteiger charge is 2.15. The maximum atomic E-state index is 14.2. The van der Waals surface area contributed by atoms with Crippen molar-refractivity contribution in [1.82, 2.24) is 9.97 Å². The molecule has 1 heterocycles. The van der Waals surface area contributed by atoms with Gasteiger partial charge in [0.2, 0.25) is 0 Å². The summed E-state index contributed by atoms with van der Waals surface area (Å²) in [5.41, 5.74) is 2.18. The lowest BCUT2D eigenvalue weighted by Crippen LogP contribution is -2.16. The van der Waals surface area contributed by atoms with E-state index in [1.165, 1.54) is 63.4 Å². The van der Waals surface area contributed by atoms with Gasteiger partial charge in [0.15, 0.2) is 5.82 Å². The van der Waals surface area contributed by atoms with E-state index < -0.39 is 6.17 Å². The standard InChI is InChI=1S/C30H47FN2O/c1-4-6-8-9-10-11-12-13-14-16-26-23-32-30(33-24-26)27-17-19-28(20-18-27)34-22-21-29(31)25(3)15-7-5-2/h17-20,23-25,29H,4-16,21-22H2,1-3H3. The summed E-state index contributed by atoms with van der Waals surface area (Å²) in [4.78, 5) is 9.13. The Labute approximate surface area is 208 Å². The Hall–Kier alpha value is -1.97. The van der Waals surface area contributed by atoms with Gasteiger partial charge in [-0.2, -0.15) is 0 Å². The van der Waals surface area contributed by atoms with Crippen molar-refractivity contribution in [2.75, 3.05) is 6.61 Å². The summed E-state index contributed by atoms with van der Waals surface area (Å²) >= 11 is 0. The van der Waals surface area contributed by atoms with Gasteiger partial charge < -0.3 is 4.74 Å². The van der Waals surface area contributed by atoms with Crippen LogP contribution in [0.4, 0.5) is 4.39 Å². The third-order valence-corrected chi connectivity index (χ3v) is 6.68. The molecule has 190 valence electrons. The molecule has 1 aromatic heterocycles. The highest BCUT2D eigenvalue weighted by atomic mass is 19.1. The lowest BCUT2D eigenvalue weighted by molar-refractivity contribution is 0.177. The van der Waals surface area contributed by atoms with E-state index in [-0.39, 0.29) is 5.92 Å². The number of unbranched alkanes of at least 4 members (excludes halogenated alkanes) is 9. The van der Waals surface area contributed by atoms with Crippen molar-refractivity contribution in [3.63, 3.8) is 0 Å². The van der Waals surface area contributed by atoms with Gasteiger partial charge in [-0.15, -0.1) is 0 Å². The molecular weight excluding hydrogens is 423 g/mol. The molecule has 2 atom stereocenters. The molecule has 2 aromatic rings. The van der Waals surface area contributed by atoms with Gasteiger partial charge in [0.05, 0.1) is 6.61 Å². The predicted molar refractivity (Wildman–Crippen MR) is 142 cm³/mol. The van der Waals surface area contributed by atoms with Crippen molar-refractivity contribution in [1.29, 1.82) is 0 Å². The molecule has 0 saturated heterocycles. The van der Waals surface area contributed by atoms with Crippen molar-refractivity contribution in [2.24, 2.45) is 5.92 Å². The maximum absolute atomic E-state index is 14.2. The zero-order valence-corrected chi connectivity index (χ0v) is 21.9. The summed E-state index contributed by atoms with van der Waals surface area (Å²) in [6.07, 6.45) is 19.8. The largest absolute Gasteiger partial charge is 0.493 e. The Morgan fingerprint density at radius 3 is 1.97 bits per heavy atom. The van der Waals surface area contributed by atoms with Gasteiger partial charge in [-0.3, -0.25) is 0 Å². The van der Waals surface area contributed by atoms with Crippen LogP contribution in [0.5, 0.6) is 5.75 Å². The lowest BCUT2D eigenvalue weighted by atomic mass is 9.97. The Bertz CT molecular complexity index is 747. The molecule has 2 unspecified atom stereocenters. The first-order valence-electron chi connectivity index (χ1n) is 13.8. The molecule has 34 heavy (non-hydrogen) atoms. The van der Waals surface area contributed by atoms with E-state index in [1.54, 1.807) is 0 Å². The molecule has 0 aliphatic carbocycles. The zero-order chi connectivity index (χ0) is 24.4. The second-order valence-electron chi connectivity index (χ2n) is 9.79. The summed E-state index contributed by atoms with van der Waals surface area (Å²) in [6.45, 7) is 6.81. The van der Waals surface area contributed by atoms with Gasteiger partial charge in [-0.1, -0.05) is 85.0 Å². The van der Waals surface area contributed by atoms with Gasteiger partial charge in [0, 0.05) is 24.4 Å². The van der Waals surface area contributed by atoms with Crippen LogP contribution in [0.25, 0.3) is 11.4 Å². The van der Waals surface area contributed by atoms with Crippen LogP contribution in [0.1, 0.15) is 110 Å². The van der Waals surface area contributed by atoms with Crippen LogP contribution < -0.4 is 4.74 Å². The molecule has 0 saturated carbocycles. The van der Waals surface area contributed by atoms with Crippen LogP contribution in [0.15, 0.2) is 36.7 Å². The van der Waals surface area contributed by atoms with Crippen LogP contribution in [0, 0.1) is 5.92 Å². The monoisotopic (exact) mass is 470 g/mol. The van der Waals surface area contributed by atoms with Gasteiger partial charge in [-0.05, 0) is 55.0 Å². The minimum atomic E-state index is -0.798. The molecule has 4 heteroatoms. The van der Waals surface area contributed by atoms with Crippen LogP contribution in [0.2, 0.25) is 0 Å². The number of hydrogen-bond acceptors (Lipinski definition) is 3. The molecule has 1 aromatic carbocycles. The molecule has 0 bridgehead atoms. The predicted octanol–water partition coefficient (Wildman–Crippen LogP) is 9.15. The zero-order valence-electron chi connectivity index (χ0n) is 21.9. The molecule has 0 N–H and O–H groups in total. The fourth-order valence-corrected chi connectivity index (χ4v) is 4.25. The van der Waals surface area contributed by atoms with Gasteiger partial charge in [0.1, 0.15) is 11.9 Å². The van der Waals surface area contributed by atoms with Crippen molar-refractivity contribution < 1.29 is 9.13 Å². The number of halogens is 1. The highest BCUT2D eigenvalue weighted by molar-refractivity contribution is 5.55. The number of aryl methyl sites for hydroxylation is 1. The van der Waals surface area contributed by atoms with Gasteiger partial charge in [0.25, 0.3) is 0 Å². The first kappa shape index (κ1) is 28.3. The topological polar surface area (TPSA) is 35.0 Å². The molecule has 0 spiro atoms. The summed E-state index contributed by atoms with van der Waals surface area (Å²) in [7, 11) is 0. The van der Waals surface area contributed by atoms with Crippen molar-refractivity contribution >= 4 is 0 Å². The van der Waals surface area contributed by atoms with Crippen LogP contribution in [-0.4, -0.2) is 22.7 Å². The maximum Gasteiger partial charge on any atom is 0.159 e. The van der Waals surface area contributed by atoms with E-state index in [1.807, 2.05) is 43.6 Å². The van der Waals surface area contributed by atoms with Gasteiger partial charge in [-0.25, -0.2) is 14.4 Å². The lowest BCUT2D eigenvalue weighted by Gasteiger charge is -2.16. The smallest absolute Gasteiger partial charge is 0.159 e. The molecule has 0 amide bonds. The Balaban J connectivity index is 1.65. The average Bonchev–Trinajstić information content (AvgIpc) is 2.87. The minimum Gasteiger partial charge on any atom is -0.493 e. The first-order chi connectivity index (χ1) is 16.6. The van der Waals surface area contributed by atoms with E-state index in [4.69, 9.17) is 4.74 Å². The second kappa shape index (κ2) is 17.5. The number of nitrogens with zero attached hydrogens (tertiary/aromatic N) is 2. The van der Waals surface area contributed by atoms with Crippen LogP contribution >= 0.6 is 0 Å². The summed E-state index contributed by atoms with van der Waals surface area (Å²) in [5.74, 6) is 1.60. The number of aromatic nitrogens is 2. The SMILES string of the molecule is CCCCCCCCCCCc1cnc(-c2ccc(OCCC(F)C(C)CCCC)cc2)nc1. The number of benzene rings is 1. The molecule has 0 fully saturated rings. The Morgan fingerprint density at radius 2 is 1.35 bits per heavy atom. The van der Waals surface area contributed by atoms with Crippen LogP contribution in [-0.2, 0) is 6.42 Å². The van der Waals surface area contributed by atoms with Crippen molar-refractivity contribution in [2.45, 2.75) is 117 Å². The molecule has 2 rings (SSSR count). The van der Waals surface area contributed by atoms with E-state index in [9.17, 15) is 4.39 Å². The van der Waals surface area contributed by atoms with Crippen molar-refractivity contribution in [3.8, 4) is 17.1 Å². The third-order valence-electron chi connectivity index (χ3n) is 6.68. The molecule has 3 nitrogen and oxygen atoms in total. The Kier molecular flexibility index (Phi) is 14.5. The molecular formula is C30H47FN2O. The van der Waals surface area contributed by atoms with Gasteiger partial charge >= 0.3 is 0 Å². The number of alkyl halides is 1. The van der Waals surface area contributed by atoms with E-state index >= 15 is 0 Å². The number of ether oxygens (including phenoxy) is 1. The quantitative estimate of drug-likeness (QED) is 0.192. The normalized spacial score (nSPS) is 13.1. The molecule has 0 radical (unpaired) electrons. The second-order valence-corrected chi connectivity index (χ2v) is 9.79. The van der Waals surface area contributed by atoms with E-state index in [2.05, 4.69) is 23.8 Å². The summed E-state index contributed by atoms with van der Waals surface area (Å²) in [6, 6.07) is 7.79. The fraction of sp³-hybridized carbons (Fsp3) is 0.667. The first-order valence-corrected chi connectivity index (χ1v) is 13.8. The average molecular weight is 471 g/mol. The summed E-state index contributed by atoms with van der Waals surface area (Å²) in [5, 5.41) is 0. The van der Waals surface area contributed by atoms with Crippen LogP contribution in [0.3, 0.4) is 0 Å². The van der Waals surface area contributed by atoms with Crippen molar-refractivity contribution in [3.05, 3.63) is 42.2 Å². The molecule has 0 aliphatic heterocycles. The number of hydrogen-bond donors (Lipinski definition) is 0. The molecule has 0 aliphatic rings. The third kappa shape index (κ3) is 11.4. The summed E-state index contributed by atoms with van der Waals surface area (Å²) < 4.78 is 20.0. The van der Waals surface area contributed by atoms with E-state index in [0.29, 0.717) is 13.0 Å². The minimum absolute atomic E-state index is 0.103.